The van der Waals surface area contributed by atoms with E-state index in [2.05, 4.69) is 11.9 Å². The topological polar surface area (TPSA) is 76.3 Å². The molecule has 2 rings (SSSR count). The predicted molar refractivity (Wildman–Crippen MR) is 75.0 cm³/mol. The number of pyridine rings is 1. The van der Waals surface area contributed by atoms with Crippen molar-refractivity contribution in [3.63, 3.8) is 0 Å². The summed E-state index contributed by atoms with van der Waals surface area (Å²) in [6, 6.07) is 1.52. The van der Waals surface area contributed by atoms with Gasteiger partial charge >= 0.3 is 0 Å². The molecule has 1 saturated heterocycles. The zero-order valence-electron chi connectivity index (χ0n) is 11.2. The summed E-state index contributed by atoms with van der Waals surface area (Å²) in [6.45, 7) is 3.34. The molecule has 0 aliphatic carbocycles. The Hall–Kier alpha value is -1.14. The summed E-state index contributed by atoms with van der Waals surface area (Å²) in [5.74, 6) is 0.655. The summed E-state index contributed by atoms with van der Waals surface area (Å²) in [4.78, 5) is 3.99. The van der Waals surface area contributed by atoms with Gasteiger partial charge in [0.25, 0.3) is 0 Å². The highest BCUT2D eigenvalue weighted by molar-refractivity contribution is 7.89. The van der Waals surface area contributed by atoms with E-state index in [1.54, 1.807) is 0 Å². The lowest BCUT2D eigenvalue weighted by Crippen LogP contribution is -2.38. The lowest BCUT2D eigenvalue weighted by atomic mass is 9.94. The zero-order chi connectivity index (χ0) is 13.9. The third-order valence-electron chi connectivity index (χ3n) is 3.70. The molecule has 19 heavy (non-hydrogen) atoms. The van der Waals surface area contributed by atoms with Crippen molar-refractivity contribution in [3.8, 4) is 0 Å². The summed E-state index contributed by atoms with van der Waals surface area (Å²) in [7, 11) is -3.49. The first-order valence-electron chi connectivity index (χ1n) is 6.75. The molecule has 5 nitrogen and oxygen atoms in total. The number of nitrogens with two attached hydrogens (primary N) is 1. The summed E-state index contributed by atoms with van der Waals surface area (Å²) >= 11 is 0. The second-order valence-electron chi connectivity index (χ2n) is 5.05. The molecule has 0 bridgehead atoms. The number of aromatic nitrogens is 1. The van der Waals surface area contributed by atoms with Gasteiger partial charge in [0.1, 0.15) is 4.90 Å². The third-order valence-corrected chi connectivity index (χ3v) is 5.65. The Morgan fingerprint density at radius 2 is 2.11 bits per heavy atom. The van der Waals surface area contributed by atoms with Crippen LogP contribution < -0.4 is 5.73 Å². The van der Waals surface area contributed by atoms with Gasteiger partial charge in [0.05, 0.1) is 5.69 Å². The van der Waals surface area contributed by atoms with Crippen molar-refractivity contribution >= 4 is 15.7 Å². The summed E-state index contributed by atoms with van der Waals surface area (Å²) in [5.41, 5.74) is 6.01. The van der Waals surface area contributed by atoms with E-state index in [1.165, 1.54) is 29.2 Å². The first kappa shape index (κ1) is 14.3. The normalized spacial score (nSPS) is 18.6. The molecule has 0 unspecified atom stereocenters. The lowest BCUT2D eigenvalue weighted by Gasteiger charge is -2.31. The van der Waals surface area contributed by atoms with Gasteiger partial charge in [0.2, 0.25) is 10.0 Å². The number of anilines is 1. The minimum absolute atomic E-state index is 0.129. The van der Waals surface area contributed by atoms with Crippen LogP contribution in [0.25, 0.3) is 0 Å². The molecule has 1 aromatic rings. The summed E-state index contributed by atoms with van der Waals surface area (Å²) in [6.07, 6.45) is 7.06. The van der Waals surface area contributed by atoms with Crippen molar-refractivity contribution in [2.45, 2.75) is 37.5 Å². The number of sulfonamides is 1. The largest absolute Gasteiger partial charge is 0.398 e. The van der Waals surface area contributed by atoms with Crippen LogP contribution in [0.15, 0.2) is 23.4 Å². The van der Waals surface area contributed by atoms with Crippen LogP contribution in [0.5, 0.6) is 0 Å². The highest BCUT2D eigenvalue weighted by Crippen LogP contribution is 2.27. The van der Waals surface area contributed by atoms with E-state index in [-0.39, 0.29) is 10.6 Å². The number of rotatable bonds is 4. The second-order valence-corrected chi connectivity index (χ2v) is 6.96. The van der Waals surface area contributed by atoms with Crippen LogP contribution in [0.3, 0.4) is 0 Å². The lowest BCUT2D eigenvalue weighted by molar-refractivity contribution is 0.262. The predicted octanol–water partition coefficient (Wildman–Crippen LogP) is 1.86. The van der Waals surface area contributed by atoms with Gasteiger partial charge in [0.15, 0.2) is 0 Å². The van der Waals surface area contributed by atoms with Crippen LogP contribution in [0.4, 0.5) is 5.69 Å². The SMILES string of the molecule is CCCC1CCN(S(=O)(=O)c2cnccc2N)CC1. The van der Waals surface area contributed by atoms with Crippen LogP contribution in [-0.2, 0) is 10.0 Å². The summed E-state index contributed by atoms with van der Waals surface area (Å²) < 4.78 is 26.5. The average molecular weight is 283 g/mol. The smallest absolute Gasteiger partial charge is 0.246 e. The number of piperidine rings is 1. The van der Waals surface area contributed by atoms with Gasteiger partial charge in [0, 0.05) is 25.5 Å². The van der Waals surface area contributed by atoms with Gasteiger partial charge in [-0.1, -0.05) is 19.8 Å². The highest BCUT2D eigenvalue weighted by Gasteiger charge is 2.30. The van der Waals surface area contributed by atoms with Crippen molar-refractivity contribution in [3.05, 3.63) is 18.5 Å². The van der Waals surface area contributed by atoms with Crippen molar-refractivity contribution < 1.29 is 8.42 Å². The van der Waals surface area contributed by atoms with E-state index >= 15 is 0 Å². The molecule has 1 aromatic heterocycles. The molecule has 0 atom stereocenters. The molecular weight excluding hydrogens is 262 g/mol. The first-order valence-corrected chi connectivity index (χ1v) is 8.19. The Morgan fingerprint density at radius 1 is 1.42 bits per heavy atom. The number of nitrogens with zero attached hydrogens (tertiary/aromatic N) is 2. The Bertz CT molecular complexity index is 522. The van der Waals surface area contributed by atoms with Crippen molar-refractivity contribution in [2.75, 3.05) is 18.8 Å². The molecule has 2 heterocycles. The monoisotopic (exact) mass is 283 g/mol. The van der Waals surface area contributed by atoms with Gasteiger partial charge < -0.3 is 5.73 Å². The van der Waals surface area contributed by atoms with E-state index in [4.69, 9.17) is 5.73 Å². The van der Waals surface area contributed by atoms with Crippen LogP contribution >= 0.6 is 0 Å². The van der Waals surface area contributed by atoms with Gasteiger partial charge in [-0.25, -0.2) is 8.42 Å². The highest BCUT2D eigenvalue weighted by atomic mass is 32.2. The molecule has 0 aromatic carbocycles. The van der Waals surface area contributed by atoms with E-state index in [0.717, 1.165) is 19.3 Å². The molecule has 106 valence electrons. The zero-order valence-corrected chi connectivity index (χ0v) is 12.1. The Morgan fingerprint density at radius 3 is 2.68 bits per heavy atom. The number of hydrogen-bond donors (Lipinski definition) is 1. The fraction of sp³-hybridized carbons (Fsp3) is 0.615. The van der Waals surface area contributed by atoms with Crippen molar-refractivity contribution in [1.29, 1.82) is 0 Å². The van der Waals surface area contributed by atoms with E-state index in [9.17, 15) is 8.42 Å². The molecule has 6 heteroatoms. The Labute approximate surface area is 114 Å². The molecule has 1 fully saturated rings. The molecule has 0 amide bonds. The average Bonchev–Trinajstić information content (AvgIpc) is 2.40. The third kappa shape index (κ3) is 3.06. The fourth-order valence-corrected chi connectivity index (χ4v) is 4.12. The molecule has 0 radical (unpaired) electrons. The molecule has 1 aliphatic heterocycles. The molecule has 1 aliphatic rings. The van der Waals surface area contributed by atoms with Crippen LogP contribution in [0, 0.1) is 5.92 Å². The standard InChI is InChI=1S/C13H21N3O2S/c1-2-3-11-5-8-16(9-6-11)19(17,18)13-10-15-7-4-12(13)14/h4,7,10-11H,2-3,5-6,8-9H2,1H3,(H2,14,15). The maximum Gasteiger partial charge on any atom is 0.246 e. The minimum Gasteiger partial charge on any atom is -0.398 e. The molecular formula is C13H21N3O2S. The maximum absolute atomic E-state index is 12.5. The van der Waals surface area contributed by atoms with Gasteiger partial charge in [-0.3, -0.25) is 4.98 Å². The van der Waals surface area contributed by atoms with E-state index in [0.29, 0.717) is 19.0 Å². The van der Waals surface area contributed by atoms with Gasteiger partial charge in [-0.2, -0.15) is 4.31 Å². The maximum atomic E-state index is 12.5. The van der Waals surface area contributed by atoms with E-state index in [1.807, 2.05) is 0 Å². The molecule has 2 N–H and O–H groups in total. The van der Waals surface area contributed by atoms with Gasteiger partial charge in [-0.05, 0) is 24.8 Å². The minimum atomic E-state index is -3.49. The second kappa shape index (κ2) is 5.88. The first-order chi connectivity index (χ1) is 9.05. The van der Waals surface area contributed by atoms with Crippen molar-refractivity contribution in [1.82, 2.24) is 9.29 Å². The quantitative estimate of drug-likeness (QED) is 0.915. The Kier molecular flexibility index (Phi) is 4.42. The van der Waals surface area contributed by atoms with E-state index < -0.39 is 10.0 Å². The number of hydrogen-bond acceptors (Lipinski definition) is 4. The summed E-state index contributed by atoms with van der Waals surface area (Å²) in [5, 5.41) is 0. The van der Waals surface area contributed by atoms with Crippen LogP contribution in [0.1, 0.15) is 32.6 Å². The van der Waals surface area contributed by atoms with Crippen LogP contribution in [-0.4, -0.2) is 30.8 Å². The number of nitrogen functional groups attached to an aromatic ring is 1. The Balaban J connectivity index is 2.12. The fourth-order valence-electron chi connectivity index (χ4n) is 2.59. The molecule has 0 saturated carbocycles. The van der Waals surface area contributed by atoms with Crippen molar-refractivity contribution in [2.24, 2.45) is 5.92 Å². The van der Waals surface area contributed by atoms with Gasteiger partial charge in [-0.15, -0.1) is 0 Å². The van der Waals surface area contributed by atoms with Crippen LogP contribution in [0.2, 0.25) is 0 Å². The molecule has 0 spiro atoms.